The van der Waals surface area contributed by atoms with Gasteiger partial charge in [-0.25, -0.2) is 0 Å². The summed E-state index contributed by atoms with van der Waals surface area (Å²) in [6.45, 7) is 1.37. The summed E-state index contributed by atoms with van der Waals surface area (Å²) >= 11 is 0. The number of hydrogen-bond donors (Lipinski definition) is 1. The number of aromatic nitrogens is 2. The maximum Gasteiger partial charge on any atom is 0.0716 e. The van der Waals surface area contributed by atoms with Crippen molar-refractivity contribution < 1.29 is 0 Å². The normalized spacial score (nSPS) is 17.1. The molecule has 3 aliphatic rings. The van der Waals surface area contributed by atoms with Crippen LogP contribution in [-0.4, -0.2) is 22.6 Å². The van der Waals surface area contributed by atoms with Gasteiger partial charge < -0.3 is 20.5 Å². The molecule has 10 rings (SSSR count). The topological polar surface area (TPSA) is 58.1 Å². The summed E-state index contributed by atoms with van der Waals surface area (Å²) in [4.78, 5) is 4.53. The van der Waals surface area contributed by atoms with Crippen LogP contribution >= 0.6 is 0 Å². The summed E-state index contributed by atoms with van der Waals surface area (Å²) < 4.78 is 2.46. The van der Waals surface area contributed by atoms with E-state index in [4.69, 9.17) is 5.32 Å². The monoisotopic (exact) mass is 655 g/mol. The molecule has 244 valence electrons. The zero-order chi connectivity index (χ0) is 33.7. The van der Waals surface area contributed by atoms with E-state index in [0.717, 1.165) is 46.0 Å². The Morgan fingerprint density at radius 2 is 1.59 bits per heavy atom. The fraction of sp³-hybridized carbons (Fsp3) is 0.0652. The molecule has 3 aliphatic heterocycles. The maximum absolute atomic E-state index is 4.97. The molecule has 2 aromatic heterocycles. The average molecular weight is 656 g/mol. The van der Waals surface area contributed by atoms with Crippen LogP contribution in [0.25, 0.3) is 70.9 Å². The first-order chi connectivity index (χ1) is 25.3. The number of nitrogens with one attached hydrogen (secondary N) is 1. The minimum Gasteiger partial charge on any atom is -0.681 e. The van der Waals surface area contributed by atoms with Crippen molar-refractivity contribution in [3.63, 3.8) is 0 Å². The van der Waals surface area contributed by atoms with Crippen LogP contribution in [0, 0.1) is 0 Å². The summed E-state index contributed by atoms with van der Waals surface area (Å²) in [7, 11) is 0. The third-order valence-corrected chi connectivity index (χ3v) is 10.2. The van der Waals surface area contributed by atoms with Gasteiger partial charge in [0.15, 0.2) is 0 Å². The van der Waals surface area contributed by atoms with Crippen LogP contribution in [0.1, 0.15) is 22.9 Å². The van der Waals surface area contributed by atoms with Gasteiger partial charge in [0.1, 0.15) is 0 Å². The van der Waals surface area contributed by atoms with Crippen LogP contribution in [0.5, 0.6) is 0 Å². The van der Waals surface area contributed by atoms with E-state index in [1.54, 1.807) is 0 Å². The van der Waals surface area contributed by atoms with E-state index in [-0.39, 0.29) is 6.04 Å². The summed E-state index contributed by atoms with van der Waals surface area (Å²) in [6, 6.07) is 39.7. The molecule has 5 heterocycles. The zero-order valence-corrected chi connectivity index (χ0v) is 27.9. The van der Waals surface area contributed by atoms with E-state index in [1.165, 1.54) is 48.9 Å². The second kappa shape index (κ2) is 12.1. The molecular weight excluding hydrogens is 623 g/mol. The Balaban J connectivity index is 1.10. The zero-order valence-electron chi connectivity index (χ0n) is 27.9. The van der Waals surface area contributed by atoms with Crippen LogP contribution < -0.4 is 5.32 Å². The van der Waals surface area contributed by atoms with E-state index < -0.39 is 0 Å². The van der Waals surface area contributed by atoms with Crippen molar-refractivity contribution in [2.45, 2.75) is 6.04 Å². The number of nitrogens with zero attached hydrogens (tertiary/aromatic N) is 4. The minimum atomic E-state index is 0.0471. The van der Waals surface area contributed by atoms with Crippen LogP contribution in [0.3, 0.4) is 0 Å². The number of hydrogen-bond acceptors (Lipinski definition) is 2. The molecule has 5 heteroatoms. The SMILES string of the molecule is C1=CC[N-]C(C2=CC=C(c3ccc4c(ccc5c6ccc(C7C=CC(c8ccccn8)=CN7)cc6n(-c6ccc7ccccc7c6)c45)c3)[N-]C2)=C1. The van der Waals surface area contributed by atoms with Crippen molar-refractivity contribution in [3.8, 4) is 5.69 Å². The van der Waals surface area contributed by atoms with Gasteiger partial charge >= 0.3 is 0 Å². The predicted octanol–water partition coefficient (Wildman–Crippen LogP) is 11.2. The van der Waals surface area contributed by atoms with Gasteiger partial charge in [-0.05, 0) is 63.7 Å². The Morgan fingerprint density at radius 1 is 0.706 bits per heavy atom. The lowest BCUT2D eigenvalue weighted by atomic mass is 9.98. The van der Waals surface area contributed by atoms with Gasteiger partial charge in [-0.3, -0.25) is 4.98 Å². The van der Waals surface area contributed by atoms with Crippen LogP contribution in [-0.2, 0) is 0 Å². The number of fused-ring (bicyclic) bond motifs is 6. The molecule has 0 saturated heterocycles. The molecule has 1 N–H and O–H groups in total. The van der Waals surface area contributed by atoms with E-state index in [2.05, 4.69) is 160 Å². The molecule has 51 heavy (non-hydrogen) atoms. The summed E-state index contributed by atoms with van der Waals surface area (Å²) in [5, 5.41) is 20.6. The Kier molecular flexibility index (Phi) is 6.95. The largest absolute Gasteiger partial charge is 0.681 e. The molecule has 7 aromatic rings. The fourth-order valence-electron chi connectivity index (χ4n) is 7.62. The van der Waals surface area contributed by atoms with Crippen molar-refractivity contribution in [1.29, 1.82) is 0 Å². The van der Waals surface area contributed by atoms with Crippen molar-refractivity contribution >= 4 is 54.6 Å². The Hall–Kier alpha value is -6.59. The van der Waals surface area contributed by atoms with Gasteiger partial charge in [0.25, 0.3) is 0 Å². The smallest absolute Gasteiger partial charge is 0.0716 e. The van der Waals surface area contributed by atoms with Crippen molar-refractivity contribution in [2.75, 3.05) is 13.1 Å². The van der Waals surface area contributed by atoms with E-state index >= 15 is 0 Å². The summed E-state index contributed by atoms with van der Waals surface area (Å²) in [6.07, 6.45) is 18.8. The molecule has 5 aromatic carbocycles. The predicted molar refractivity (Wildman–Crippen MR) is 213 cm³/mol. The molecule has 0 fully saturated rings. The van der Waals surface area contributed by atoms with Gasteiger partial charge in [0, 0.05) is 39.8 Å². The molecule has 5 nitrogen and oxygen atoms in total. The van der Waals surface area contributed by atoms with Gasteiger partial charge in [0.2, 0.25) is 0 Å². The second-order valence-electron chi connectivity index (χ2n) is 13.2. The van der Waals surface area contributed by atoms with Crippen LogP contribution in [0.2, 0.25) is 0 Å². The summed E-state index contributed by atoms with van der Waals surface area (Å²) in [5.41, 5.74) is 11.1. The molecule has 0 saturated carbocycles. The third-order valence-electron chi connectivity index (χ3n) is 10.2. The van der Waals surface area contributed by atoms with Gasteiger partial charge in [-0.2, -0.15) is 0 Å². The van der Waals surface area contributed by atoms with Crippen LogP contribution in [0.15, 0.2) is 175 Å². The molecule has 0 bridgehead atoms. The Morgan fingerprint density at radius 3 is 2.41 bits per heavy atom. The first kappa shape index (κ1) is 29.3. The highest BCUT2D eigenvalue weighted by atomic mass is 15.0. The van der Waals surface area contributed by atoms with Gasteiger partial charge in [-0.15, -0.1) is 30.6 Å². The highest BCUT2D eigenvalue weighted by molar-refractivity contribution is 6.19. The minimum absolute atomic E-state index is 0.0471. The van der Waals surface area contributed by atoms with E-state index in [0.29, 0.717) is 6.54 Å². The molecule has 0 spiro atoms. The van der Waals surface area contributed by atoms with Crippen molar-refractivity contribution in [2.24, 2.45) is 0 Å². The number of allylic oxidation sites excluding steroid dienone is 6. The molecule has 0 radical (unpaired) electrons. The number of pyridine rings is 1. The average Bonchev–Trinajstić information content (AvgIpc) is 3.55. The molecule has 1 atom stereocenters. The van der Waals surface area contributed by atoms with Gasteiger partial charge in [0.05, 0.1) is 22.8 Å². The molecule has 1 unspecified atom stereocenters. The molecule has 0 amide bonds. The number of dihydropyridines is 1. The molecule has 0 aliphatic carbocycles. The van der Waals surface area contributed by atoms with E-state index in [9.17, 15) is 0 Å². The lowest BCUT2D eigenvalue weighted by molar-refractivity contribution is 0.749. The first-order valence-electron chi connectivity index (χ1n) is 17.5. The molecular formula is C46H33N5-2. The van der Waals surface area contributed by atoms with Crippen molar-refractivity contribution in [1.82, 2.24) is 14.9 Å². The maximum atomic E-state index is 4.97. The number of benzene rings is 5. The third kappa shape index (κ3) is 5.13. The fourth-order valence-corrected chi connectivity index (χ4v) is 7.62. The quantitative estimate of drug-likeness (QED) is 0.201. The van der Waals surface area contributed by atoms with E-state index in [1.807, 2.05) is 24.4 Å². The second-order valence-corrected chi connectivity index (χ2v) is 13.2. The lowest BCUT2D eigenvalue weighted by Gasteiger charge is -2.37. The highest BCUT2D eigenvalue weighted by Crippen LogP contribution is 2.40. The summed E-state index contributed by atoms with van der Waals surface area (Å²) in [5.74, 6) is 0. The van der Waals surface area contributed by atoms with Crippen molar-refractivity contribution in [3.05, 3.63) is 203 Å². The highest BCUT2D eigenvalue weighted by Gasteiger charge is 2.19. The van der Waals surface area contributed by atoms with Gasteiger partial charge in [-0.1, -0.05) is 115 Å². The number of rotatable bonds is 5. The van der Waals surface area contributed by atoms with Crippen LogP contribution in [0.4, 0.5) is 0 Å². The Labute approximate surface area is 296 Å². The first-order valence-corrected chi connectivity index (χ1v) is 17.5. The lowest BCUT2D eigenvalue weighted by Crippen LogP contribution is -2.16. The standard InChI is InChI=1S/C46H33N5/c1-2-8-31-26-37(17-11-30(31)7-1)51-45-27-34(44-22-16-36(29-50-44)42-10-4-6-24-48-42)14-19-39(45)40-20-12-32-25-33(13-18-38(32)46(40)51)43-21-15-35(28-49-43)41-9-3-5-23-47-41/h1-22,24-27,29,44,50H,23,28H2/q-2. The Bertz CT molecular complexity index is 2720.